The number of carbonyl (C=O) groups is 1. The number of hydrogen-bond donors (Lipinski definition) is 1. The average Bonchev–Trinajstić information content (AvgIpc) is 3.52. The molecule has 0 amide bonds. The van der Waals surface area contributed by atoms with E-state index in [-0.39, 0.29) is 0 Å². The van der Waals surface area contributed by atoms with Crippen LogP contribution in [-0.2, 0) is 7.05 Å². The van der Waals surface area contributed by atoms with Crippen LogP contribution in [0.2, 0.25) is 0 Å². The summed E-state index contributed by atoms with van der Waals surface area (Å²) in [4.78, 5) is 25.5. The van der Waals surface area contributed by atoms with Crippen molar-refractivity contribution < 1.29 is 9.90 Å². The zero-order valence-electron chi connectivity index (χ0n) is 22.3. The molecular formula is C31H34N4O2S. The fourth-order valence-corrected chi connectivity index (χ4v) is 7.23. The van der Waals surface area contributed by atoms with Crippen LogP contribution in [0.1, 0.15) is 54.3 Å². The molecule has 4 heterocycles. The Kier molecular flexibility index (Phi) is 6.66. The number of fused-ring (bicyclic) bond motifs is 1. The summed E-state index contributed by atoms with van der Waals surface area (Å²) < 4.78 is 2.01. The lowest BCUT2D eigenvalue weighted by Gasteiger charge is -2.35. The minimum atomic E-state index is -0.830. The number of aryl methyl sites for hydroxylation is 1. The number of aromatic carboxylic acids is 1. The molecule has 0 spiro atoms. The lowest BCUT2D eigenvalue weighted by Crippen LogP contribution is -2.31. The van der Waals surface area contributed by atoms with Crippen molar-refractivity contribution in [3.63, 3.8) is 0 Å². The highest BCUT2D eigenvalue weighted by molar-refractivity contribution is 7.17. The van der Waals surface area contributed by atoms with Crippen LogP contribution < -0.4 is 0 Å². The van der Waals surface area contributed by atoms with Gasteiger partial charge in [0.05, 0.1) is 0 Å². The van der Waals surface area contributed by atoms with Crippen LogP contribution in [0, 0.1) is 11.8 Å². The van der Waals surface area contributed by atoms with Crippen LogP contribution in [0.25, 0.3) is 38.6 Å². The van der Waals surface area contributed by atoms with E-state index in [1.807, 2.05) is 23.7 Å². The van der Waals surface area contributed by atoms with Gasteiger partial charge in [0.1, 0.15) is 16.2 Å². The van der Waals surface area contributed by atoms with Gasteiger partial charge in [0.25, 0.3) is 0 Å². The monoisotopic (exact) mass is 526 g/mol. The van der Waals surface area contributed by atoms with E-state index in [1.165, 1.54) is 48.2 Å². The van der Waals surface area contributed by atoms with Gasteiger partial charge in [-0.15, -0.1) is 11.3 Å². The topological polar surface area (TPSA) is 71.2 Å². The summed E-state index contributed by atoms with van der Waals surface area (Å²) >= 11 is 1.39. The van der Waals surface area contributed by atoms with Crippen molar-refractivity contribution >= 4 is 34.0 Å². The Morgan fingerprint density at radius 3 is 2.50 bits per heavy atom. The summed E-state index contributed by atoms with van der Waals surface area (Å²) in [6.45, 7) is 4.26. The molecule has 7 heteroatoms. The molecule has 0 radical (unpaired) electrons. The zero-order chi connectivity index (χ0) is 26.4. The first-order valence-electron chi connectivity index (χ1n) is 13.5. The second-order valence-corrected chi connectivity index (χ2v) is 12.1. The van der Waals surface area contributed by atoms with Crippen molar-refractivity contribution in [3.05, 3.63) is 64.7 Å². The number of carboxylic acids is 1. The van der Waals surface area contributed by atoms with E-state index in [9.17, 15) is 9.90 Å². The third kappa shape index (κ3) is 4.58. The molecule has 6 rings (SSSR count). The molecule has 0 atom stereocenters. The summed E-state index contributed by atoms with van der Waals surface area (Å²) in [6.07, 6.45) is 7.65. The maximum atomic E-state index is 12.4. The van der Waals surface area contributed by atoms with Crippen molar-refractivity contribution in [2.24, 2.45) is 18.9 Å². The van der Waals surface area contributed by atoms with Gasteiger partial charge in [-0.25, -0.2) is 14.8 Å². The number of thiophene rings is 1. The van der Waals surface area contributed by atoms with E-state index in [2.05, 4.69) is 54.2 Å². The zero-order valence-corrected chi connectivity index (χ0v) is 23.1. The van der Waals surface area contributed by atoms with Gasteiger partial charge >= 0.3 is 5.97 Å². The first-order valence-corrected chi connectivity index (χ1v) is 14.4. The first-order chi connectivity index (χ1) is 18.4. The number of rotatable bonds is 5. The number of pyridine rings is 1. The van der Waals surface area contributed by atoms with Crippen LogP contribution in [0.5, 0.6) is 0 Å². The Hall–Kier alpha value is -3.29. The molecule has 1 aromatic carbocycles. The summed E-state index contributed by atoms with van der Waals surface area (Å²) in [5.41, 5.74) is 7.47. The third-order valence-electron chi connectivity index (χ3n) is 8.39. The van der Waals surface area contributed by atoms with Crippen molar-refractivity contribution in [1.82, 2.24) is 19.4 Å². The van der Waals surface area contributed by atoms with Gasteiger partial charge in [-0.05, 0) is 73.1 Å². The van der Waals surface area contributed by atoms with Crippen LogP contribution in [-0.4, -0.2) is 50.6 Å². The molecule has 196 valence electrons. The van der Waals surface area contributed by atoms with E-state index < -0.39 is 5.97 Å². The highest BCUT2D eigenvalue weighted by Gasteiger charge is 2.30. The number of aromatic nitrogens is 3. The smallest absolute Gasteiger partial charge is 0.346 e. The Morgan fingerprint density at radius 2 is 1.79 bits per heavy atom. The Morgan fingerprint density at radius 1 is 1.05 bits per heavy atom. The van der Waals surface area contributed by atoms with E-state index in [0.717, 1.165) is 64.0 Å². The first kappa shape index (κ1) is 25.0. The van der Waals surface area contributed by atoms with E-state index in [0.29, 0.717) is 10.8 Å². The fraction of sp³-hybridized carbons (Fsp3) is 0.387. The average molecular weight is 527 g/mol. The summed E-state index contributed by atoms with van der Waals surface area (Å²) in [5, 5.41) is 10.2. The normalized spacial score (nSPS) is 20.8. The molecule has 3 aromatic heterocycles. The Labute approximate surface area is 227 Å². The van der Waals surface area contributed by atoms with Gasteiger partial charge in [0, 0.05) is 42.3 Å². The SMILES string of the molecule is CC1CCC(C2=C(c3cc(-c4ccc(-c5nc6cccnc6n5C)cc4)sc3C(=O)O)CCN(C)C2)CC1. The Bertz CT molecular complexity index is 1520. The highest BCUT2D eigenvalue weighted by Crippen LogP contribution is 2.43. The molecule has 0 bridgehead atoms. The summed E-state index contributed by atoms with van der Waals surface area (Å²) in [5.74, 6) is 1.40. The number of hydrogen-bond acceptors (Lipinski definition) is 5. The maximum absolute atomic E-state index is 12.4. The molecule has 0 saturated heterocycles. The van der Waals surface area contributed by atoms with Crippen LogP contribution in [0.3, 0.4) is 0 Å². The molecule has 38 heavy (non-hydrogen) atoms. The van der Waals surface area contributed by atoms with E-state index in [1.54, 1.807) is 6.20 Å². The lowest BCUT2D eigenvalue weighted by atomic mass is 9.75. The van der Waals surface area contributed by atoms with Gasteiger partial charge in [-0.2, -0.15) is 0 Å². The molecule has 0 unspecified atom stereocenters. The van der Waals surface area contributed by atoms with Gasteiger partial charge in [-0.3, -0.25) is 0 Å². The maximum Gasteiger partial charge on any atom is 0.346 e. The predicted octanol–water partition coefficient (Wildman–Crippen LogP) is 6.98. The number of nitrogens with zero attached hydrogens (tertiary/aromatic N) is 4. The number of benzene rings is 1. The van der Waals surface area contributed by atoms with E-state index in [4.69, 9.17) is 4.98 Å². The minimum Gasteiger partial charge on any atom is -0.477 e. The quantitative estimate of drug-likeness (QED) is 0.304. The fourth-order valence-electron chi connectivity index (χ4n) is 6.20. The van der Waals surface area contributed by atoms with Crippen molar-refractivity contribution in [2.75, 3.05) is 20.1 Å². The second-order valence-electron chi connectivity index (χ2n) is 11.0. The molecule has 6 nitrogen and oxygen atoms in total. The molecule has 1 fully saturated rings. The second kappa shape index (κ2) is 10.1. The molecule has 4 aromatic rings. The third-order valence-corrected chi connectivity index (χ3v) is 9.56. The largest absolute Gasteiger partial charge is 0.477 e. The van der Waals surface area contributed by atoms with Gasteiger partial charge < -0.3 is 14.6 Å². The molecule has 1 aliphatic heterocycles. The van der Waals surface area contributed by atoms with Gasteiger partial charge in [-0.1, -0.05) is 44.0 Å². The van der Waals surface area contributed by atoms with Crippen LogP contribution in [0.4, 0.5) is 0 Å². The standard InChI is InChI=1S/C31H34N4O2S/c1-19-6-8-20(9-7-19)25-18-34(2)16-14-23(25)24-17-27(38-28(24)31(36)37)21-10-12-22(13-11-21)29-33-26-5-4-15-32-30(26)35(29)3/h4-5,10-13,15,17,19-20H,6-9,14,16,18H2,1-3H3,(H,36,37). The number of imidazole rings is 1. The van der Waals surface area contributed by atoms with Gasteiger partial charge in [0.2, 0.25) is 0 Å². The van der Waals surface area contributed by atoms with E-state index >= 15 is 0 Å². The molecule has 1 N–H and O–H groups in total. The van der Waals surface area contributed by atoms with Crippen molar-refractivity contribution in [3.8, 4) is 21.8 Å². The molecular weight excluding hydrogens is 492 g/mol. The lowest BCUT2D eigenvalue weighted by molar-refractivity contribution is 0.0702. The molecule has 2 aliphatic rings. The summed E-state index contributed by atoms with van der Waals surface area (Å²) in [7, 11) is 4.16. The van der Waals surface area contributed by atoms with Crippen molar-refractivity contribution in [1.29, 1.82) is 0 Å². The number of carboxylic acid groups (broad SMARTS) is 1. The van der Waals surface area contributed by atoms with Crippen LogP contribution >= 0.6 is 11.3 Å². The number of likely N-dealkylation sites (N-methyl/N-ethyl adjacent to an activating group) is 1. The minimum absolute atomic E-state index is 0.465. The summed E-state index contributed by atoms with van der Waals surface area (Å²) in [6, 6.07) is 14.3. The highest BCUT2D eigenvalue weighted by atomic mass is 32.1. The van der Waals surface area contributed by atoms with Gasteiger partial charge in [0.15, 0.2) is 5.65 Å². The predicted molar refractivity (Wildman–Crippen MR) is 154 cm³/mol. The van der Waals surface area contributed by atoms with Crippen molar-refractivity contribution in [2.45, 2.75) is 39.0 Å². The van der Waals surface area contributed by atoms with Crippen LogP contribution in [0.15, 0.2) is 54.2 Å². The molecule has 1 saturated carbocycles. The molecule has 1 aliphatic carbocycles. The Balaban J connectivity index is 1.37.